The van der Waals surface area contributed by atoms with Gasteiger partial charge in [0.05, 0.1) is 6.54 Å². The van der Waals surface area contributed by atoms with Gasteiger partial charge in [0, 0.05) is 18.7 Å². The van der Waals surface area contributed by atoms with Crippen molar-refractivity contribution in [2.75, 3.05) is 13.1 Å². The largest absolute Gasteiger partial charge is 0.478 e. The molecule has 0 spiro atoms. The van der Waals surface area contributed by atoms with Crippen LogP contribution in [0, 0.1) is 0 Å². The van der Waals surface area contributed by atoms with Crippen LogP contribution < -0.4 is 0 Å². The first-order chi connectivity index (χ1) is 8.56. The molecule has 2 heterocycles. The lowest BCUT2D eigenvalue weighted by molar-refractivity contribution is -0.133. The minimum atomic E-state index is -1.11. The molecule has 1 aliphatic rings. The number of carboxylic acids is 2. The lowest BCUT2D eigenvalue weighted by Gasteiger charge is -2.24. The van der Waals surface area contributed by atoms with E-state index in [9.17, 15) is 9.59 Å². The summed E-state index contributed by atoms with van der Waals surface area (Å²) in [4.78, 5) is 23.4. The van der Waals surface area contributed by atoms with E-state index in [2.05, 4.69) is 0 Å². The molecule has 0 saturated carbocycles. The van der Waals surface area contributed by atoms with Crippen molar-refractivity contribution in [3.8, 4) is 0 Å². The molecule has 6 nitrogen and oxygen atoms in total. The van der Waals surface area contributed by atoms with Gasteiger partial charge in [-0.2, -0.15) is 0 Å². The van der Waals surface area contributed by atoms with Crippen molar-refractivity contribution in [2.45, 2.75) is 13.0 Å². The molecule has 0 amide bonds. The van der Waals surface area contributed by atoms with Gasteiger partial charge in [-0.15, -0.1) is 0 Å². The maximum atomic E-state index is 10.8. The first-order valence-corrected chi connectivity index (χ1v) is 5.53. The summed E-state index contributed by atoms with van der Waals surface area (Å²) in [6.07, 6.45) is 2.39. The zero-order chi connectivity index (χ0) is 13.1. The van der Waals surface area contributed by atoms with Gasteiger partial charge in [0.1, 0.15) is 5.76 Å². The van der Waals surface area contributed by atoms with Crippen LogP contribution in [0.25, 0.3) is 0 Å². The fraction of sp³-hybridized carbons (Fsp3) is 0.333. The van der Waals surface area contributed by atoms with Gasteiger partial charge in [-0.25, -0.2) is 9.59 Å². The Bertz CT molecular complexity index is 502. The van der Waals surface area contributed by atoms with Crippen molar-refractivity contribution >= 4 is 11.9 Å². The number of aromatic carboxylic acids is 1. The number of hydrogen-bond acceptors (Lipinski definition) is 4. The molecule has 0 aromatic carbocycles. The number of furan rings is 1. The van der Waals surface area contributed by atoms with Crippen molar-refractivity contribution in [1.82, 2.24) is 4.90 Å². The average molecular weight is 251 g/mol. The monoisotopic (exact) mass is 251 g/mol. The van der Waals surface area contributed by atoms with E-state index >= 15 is 0 Å². The van der Waals surface area contributed by atoms with Gasteiger partial charge in [-0.05, 0) is 18.6 Å². The van der Waals surface area contributed by atoms with Gasteiger partial charge < -0.3 is 14.6 Å². The molecule has 0 aliphatic carbocycles. The molecule has 1 aromatic heterocycles. The highest BCUT2D eigenvalue weighted by molar-refractivity contribution is 5.87. The zero-order valence-corrected chi connectivity index (χ0v) is 9.63. The second-order valence-corrected chi connectivity index (χ2v) is 4.10. The van der Waals surface area contributed by atoms with Crippen molar-refractivity contribution < 1.29 is 24.2 Å². The molecular formula is C12H13NO5. The molecule has 18 heavy (non-hydrogen) atoms. The molecule has 0 fully saturated rings. The maximum absolute atomic E-state index is 10.8. The van der Waals surface area contributed by atoms with Crippen LogP contribution >= 0.6 is 0 Å². The van der Waals surface area contributed by atoms with Crippen molar-refractivity contribution in [3.63, 3.8) is 0 Å². The van der Waals surface area contributed by atoms with Crippen LogP contribution in [0.2, 0.25) is 0 Å². The molecule has 96 valence electrons. The van der Waals surface area contributed by atoms with Crippen molar-refractivity contribution in [2.24, 2.45) is 0 Å². The molecule has 6 heteroatoms. The van der Waals surface area contributed by atoms with Crippen LogP contribution in [0.3, 0.4) is 0 Å². The minimum absolute atomic E-state index is 0.101. The van der Waals surface area contributed by atoms with Gasteiger partial charge in [0.25, 0.3) is 0 Å². The van der Waals surface area contributed by atoms with E-state index in [1.54, 1.807) is 12.1 Å². The fourth-order valence-electron chi connectivity index (χ4n) is 1.89. The number of rotatable bonds is 4. The maximum Gasteiger partial charge on any atom is 0.371 e. The summed E-state index contributed by atoms with van der Waals surface area (Å²) in [7, 11) is 0. The van der Waals surface area contributed by atoms with Crippen LogP contribution in [0.4, 0.5) is 0 Å². The summed E-state index contributed by atoms with van der Waals surface area (Å²) >= 11 is 0. The molecule has 1 aromatic rings. The fourth-order valence-corrected chi connectivity index (χ4v) is 1.89. The first-order valence-electron chi connectivity index (χ1n) is 5.53. The normalized spacial score (nSPS) is 16.3. The third kappa shape index (κ3) is 2.78. The van der Waals surface area contributed by atoms with E-state index < -0.39 is 11.9 Å². The van der Waals surface area contributed by atoms with Gasteiger partial charge in [-0.1, -0.05) is 6.08 Å². The van der Waals surface area contributed by atoms with E-state index in [1.165, 1.54) is 6.07 Å². The molecule has 0 bridgehead atoms. The average Bonchev–Trinajstić information content (AvgIpc) is 2.78. The Hall–Kier alpha value is -2.08. The SMILES string of the molecule is O=C(O)C1=CCCN(Cc2ccc(C(=O)O)o2)C1. The Labute approximate surface area is 103 Å². The zero-order valence-electron chi connectivity index (χ0n) is 9.63. The summed E-state index contributed by atoms with van der Waals surface area (Å²) in [5, 5.41) is 17.6. The summed E-state index contributed by atoms with van der Waals surface area (Å²) in [5.41, 5.74) is 0.367. The van der Waals surface area contributed by atoms with E-state index in [0.717, 1.165) is 6.54 Å². The molecule has 0 radical (unpaired) electrons. The second kappa shape index (κ2) is 5.05. The Morgan fingerprint density at radius 1 is 1.28 bits per heavy atom. The topological polar surface area (TPSA) is 91.0 Å². The third-order valence-corrected chi connectivity index (χ3v) is 2.76. The molecule has 0 saturated heterocycles. The van der Waals surface area contributed by atoms with E-state index in [-0.39, 0.29) is 5.76 Å². The Morgan fingerprint density at radius 3 is 2.67 bits per heavy atom. The van der Waals surface area contributed by atoms with Crippen LogP contribution in [0.5, 0.6) is 0 Å². The van der Waals surface area contributed by atoms with E-state index in [4.69, 9.17) is 14.6 Å². The minimum Gasteiger partial charge on any atom is -0.478 e. The lowest BCUT2D eigenvalue weighted by atomic mass is 10.1. The van der Waals surface area contributed by atoms with E-state index in [1.807, 2.05) is 4.90 Å². The third-order valence-electron chi connectivity index (χ3n) is 2.76. The highest BCUT2D eigenvalue weighted by Gasteiger charge is 2.19. The highest BCUT2D eigenvalue weighted by Crippen LogP contribution is 2.15. The van der Waals surface area contributed by atoms with Gasteiger partial charge in [0.2, 0.25) is 5.76 Å². The van der Waals surface area contributed by atoms with Crippen LogP contribution in [-0.4, -0.2) is 40.1 Å². The Balaban J connectivity index is 1.99. The van der Waals surface area contributed by atoms with E-state index in [0.29, 0.717) is 30.8 Å². The number of aliphatic carboxylic acids is 1. The predicted molar refractivity (Wildman–Crippen MR) is 61.3 cm³/mol. The summed E-state index contributed by atoms with van der Waals surface area (Å²) in [5.74, 6) is -1.59. The summed E-state index contributed by atoms with van der Waals surface area (Å²) in [6.45, 7) is 1.50. The number of nitrogens with zero attached hydrogens (tertiary/aromatic N) is 1. The molecule has 1 aliphatic heterocycles. The number of hydrogen-bond donors (Lipinski definition) is 2. The van der Waals surface area contributed by atoms with Crippen molar-refractivity contribution in [3.05, 3.63) is 35.3 Å². The van der Waals surface area contributed by atoms with Gasteiger partial charge >= 0.3 is 11.9 Å². The number of carboxylic acid groups (broad SMARTS) is 2. The predicted octanol–water partition coefficient (Wildman–Crippen LogP) is 1.19. The summed E-state index contributed by atoms with van der Waals surface area (Å²) in [6, 6.07) is 3.00. The Kier molecular flexibility index (Phi) is 3.47. The molecular weight excluding hydrogens is 238 g/mol. The summed E-state index contributed by atoms with van der Waals surface area (Å²) < 4.78 is 5.14. The molecule has 0 atom stereocenters. The van der Waals surface area contributed by atoms with Gasteiger partial charge in [-0.3, -0.25) is 4.90 Å². The number of carbonyl (C=O) groups is 2. The quantitative estimate of drug-likeness (QED) is 0.835. The molecule has 2 N–H and O–H groups in total. The standard InChI is InChI=1S/C12H13NO5/c14-11(15)8-2-1-5-13(6-8)7-9-3-4-10(18-9)12(16)17/h2-4H,1,5-7H2,(H,14,15)(H,16,17). The van der Waals surface area contributed by atoms with Crippen LogP contribution in [-0.2, 0) is 11.3 Å². The first kappa shape index (κ1) is 12.4. The molecule has 2 rings (SSSR count). The Morgan fingerprint density at radius 2 is 2.06 bits per heavy atom. The highest BCUT2D eigenvalue weighted by atomic mass is 16.4. The van der Waals surface area contributed by atoms with Crippen LogP contribution in [0.15, 0.2) is 28.2 Å². The smallest absolute Gasteiger partial charge is 0.371 e. The van der Waals surface area contributed by atoms with Crippen molar-refractivity contribution in [1.29, 1.82) is 0 Å². The van der Waals surface area contributed by atoms with Gasteiger partial charge in [0.15, 0.2) is 0 Å². The van der Waals surface area contributed by atoms with Crippen LogP contribution in [0.1, 0.15) is 22.7 Å². The lowest BCUT2D eigenvalue weighted by Crippen LogP contribution is -2.31. The second-order valence-electron chi connectivity index (χ2n) is 4.10. The molecule has 0 unspecified atom stereocenters.